The maximum atomic E-state index is 5.56. The highest BCUT2D eigenvalue weighted by Gasteiger charge is 2.17. The molecule has 3 heteroatoms. The van der Waals surface area contributed by atoms with E-state index in [1.54, 1.807) is 0 Å². The Hall–Kier alpha value is -0.930. The predicted octanol–water partition coefficient (Wildman–Crippen LogP) is 4.20. The molecule has 0 bridgehead atoms. The van der Waals surface area contributed by atoms with Crippen LogP contribution in [-0.2, 0) is 4.74 Å². The van der Waals surface area contributed by atoms with Crippen molar-refractivity contribution in [3.63, 3.8) is 0 Å². The molecule has 0 saturated carbocycles. The minimum absolute atomic E-state index is 0.504. The Morgan fingerprint density at radius 3 is 3.00 bits per heavy atom. The molecule has 1 unspecified atom stereocenters. The van der Waals surface area contributed by atoms with Gasteiger partial charge in [0.25, 0.3) is 0 Å². The number of pyridine rings is 1. The summed E-state index contributed by atoms with van der Waals surface area (Å²) in [6.45, 7) is 3.83. The van der Waals surface area contributed by atoms with Gasteiger partial charge in [0.2, 0.25) is 0 Å². The van der Waals surface area contributed by atoms with E-state index in [2.05, 4.69) is 46.0 Å². The Morgan fingerprint density at radius 1 is 1.33 bits per heavy atom. The highest BCUT2D eigenvalue weighted by atomic mass is 79.9. The van der Waals surface area contributed by atoms with Gasteiger partial charge in [0.1, 0.15) is 0 Å². The molecule has 1 aliphatic heterocycles. The molecule has 0 spiro atoms. The Bertz CT molecular complexity index is 576. The fourth-order valence-corrected chi connectivity index (χ4v) is 3.24. The summed E-state index contributed by atoms with van der Waals surface area (Å²) in [7, 11) is 0. The third-order valence-electron chi connectivity index (χ3n) is 3.55. The van der Waals surface area contributed by atoms with Gasteiger partial charge in [0, 0.05) is 28.6 Å². The normalized spacial score (nSPS) is 20.2. The van der Waals surface area contributed by atoms with Crippen LogP contribution in [0.2, 0.25) is 0 Å². The van der Waals surface area contributed by atoms with Gasteiger partial charge in [0.05, 0.1) is 12.1 Å². The van der Waals surface area contributed by atoms with E-state index < -0.39 is 0 Å². The second-order valence-electron chi connectivity index (χ2n) is 5.00. The fourth-order valence-electron chi connectivity index (χ4n) is 2.56. The molecule has 0 N–H and O–H groups in total. The summed E-state index contributed by atoms with van der Waals surface area (Å²) in [5.41, 5.74) is 3.59. The minimum atomic E-state index is 0.504. The van der Waals surface area contributed by atoms with Crippen LogP contribution in [0, 0.1) is 6.92 Å². The van der Waals surface area contributed by atoms with Gasteiger partial charge in [0.15, 0.2) is 0 Å². The molecule has 2 nitrogen and oxygen atoms in total. The van der Waals surface area contributed by atoms with E-state index in [0.29, 0.717) is 5.92 Å². The van der Waals surface area contributed by atoms with Gasteiger partial charge < -0.3 is 4.74 Å². The highest BCUT2D eigenvalue weighted by molar-refractivity contribution is 9.10. The molecule has 1 saturated heterocycles. The van der Waals surface area contributed by atoms with Crippen LogP contribution in [0.5, 0.6) is 0 Å². The molecule has 1 aromatic heterocycles. The van der Waals surface area contributed by atoms with Crippen LogP contribution in [0.1, 0.15) is 29.9 Å². The number of ether oxygens (including phenoxy) is 1. The molecule has 18 heavy (non-hydrogen) atoms. The maximum Gasteiger partial charge on any atom is 0.0716 e. The lowest BCUT2D eigenvalue weighted by Gasteiger charge is -2.22. The Balaban J connectivity index is 2.04. The van der Waals surface area contributed by atoms with E-state index >= 15 is 0 Å². The Morgan fingerprint density at radius 2 is 2.22 bits per heavy atom. The fraction of sp³-hybridized carbons (Fsp3) is 0.400. The van der Waals surface area contributed by atoms with Gasteiger partial charge >= 0.3 is 0 Å². The zero-order valence-corrected chi connectivity index (χ0v) is 12.0. The van der Waals surface area contributed by atoms with Crippen LogP contribution in [0.4, 0.5) is 0 Å². The summed E-state index contributed by atoms with van der Waals surface area (Å²) < 4.78 is 6.69. The van der Waals surface area contributed by atoms with E-state index in [1.165, 1.54) is 22.9 Å². The first-order valence-electron chi connectivity index (χ1n) is 6.37. The summed E-state index contributed by atoms with van der Waals surface area (Å²) in [6.07, 6.45) is 4.36. The number of hydrogen-bond donors (Lipinski definition) is 0. The number of nitrogens with zero attached hydrogens (tertiary/aromatic N) is 1. The van der Waals surface area contributed by atoms with Gasteiger partial charge in [-0.05, 0) is 49.1 Å². The molecule has 1 atom stereocenters. The summed E-state index contributed by atoms with van der Waals surface area (Å²) >= 11 is 3.63. The first-order chi connectivity index (χ1) is 8.74. The summed E-state index contributed by atoms with van der Waals surface area (Å²) in [6, 6.07) is 6.53. The maximum absolute atomic E-state index is 5.56. The lowest BCUT2D eigenvalue weighted by Crippen LogP contribution is -2.15. The zero-order chi connectivity index (χ0) is 12.5. The minimum Gasteiger partial charge on any atom is -0.381 e. The number of aryl methyl sites for hydroxylation is 1. The molecule has 0 aliphatic carbocycles. The quantitative estimate of drug-likeness (QED) is 0.788. The number of rotatable bonds is 1. The largest absolute Gasteiger partial charge is 0.381 e. The molecule has 1 aliphatic rings. The number of halogens is 1. The average Bonchev–Trinajstić information content (AvgIpc) is 2.39. The third-order valence-corrected chi connectivity index (χ3v) is 4.20. The number of fused-ring (bicyclic) bond motifs is 1. The van der Waals surface area contributed by atoms with Crippen molar-refractivity contribution in [1.82, 2.24) is 4.98 Å². The molecule has 2 heterocycles. The third kappa shape index (κ3) is 2.29. The molecule has 3 rings (SSSR count). The SMILES string of the molecule is Cc1cc(Br)c2cc(C3CCCOC3)cnc2c1. The van der Waals surface area contributed by atoms with E-state index in [4.69, 9.17) is 4.74 Å². The average molecular weight is 306 g/mol. The first kappa shape index (κ1) is 12.1. The summed E-state index contributed by atoms with van der Waals surface area (Å²) in [5, 5.41) is 1.20. The second kappa shape index (κ2) is 4.98. The van der Waals surface area contributed by atoms with Crippen LogP contribution in [0.15, 0.2) is 28.9 Å². The molecule has 94 valence electrons. The van der Waals surface area contributed by atoms with Crippen LogP contribution < -0.4 is 0 Å². The number of hydrogen-bond acceptors (Lipinski definition) is 2. The molecule has 1 fully saturated rings. The molecular weight excluding hydrogens is 290 g/mol. The van der Waals surface area contributed by atoms with Gasteiger partial charge in [-0.2, -0.15) is 0 Å². The topological polar surface area (TPSA) is 22.1 Å². The Labute approximate surface area is 115 Å². The summed E-state index contributed by atoms with van der Waals surface area (Å²) in [5.74, 6) is 0.504. The van der Waals surface area contributed by atoms with Crippen molar-refractivity contribution in [2.75, 3.05) is 13.2 Å². The lowest BCUT2D eigenvalue weighted by atomic mass is 9.94. The molecule has 0 radical (unpaired) electrons. The zero-order valence-electron chi connectivity index (χ0n) is 10.4. The predicted molar refractivity (Wildman–Crippen MR) is 77.0 cm³/mol. The van der Waals surface area contributed by atoms with E-state index in [0.717, 1.165) is 29.6 Å². The van der Waals surface area contributed by atoms with Crippen molar-refractivity contribution in [3.05, 3.63) is 40.0 Å². The van der Waals surface area contributed by atoms with Gasteiger partial charge in [-0.1, -0.05) is 15.9 Å². The number of benzene rings is 1. The summed E-state index contributed by atoms with van der Waals surface area (Å²) in [4.78, 5) is 4.59. The van der Waals surface area contributed by atoms with Gasteiger partial charge in [-0.25, -0.2) is 0 Å². The van der Waals surface area contributed by atoms with E-state index in [-0.39, 0.29) is 0 Å². The van der Waals surface area contributed by atoms with Gasteiger partial charge in [-0.15, -0.1) is 0 Å². The smallest absolute Gasteiger partial charge is 0.0716 e. The lowest BCUT2D eigenvalue weighted by molar-refractivity contribution is 0.0804. The van der Waals surface area contributed by atoms with Crippen molar-refractivity contribution in [1.29, 1.82) is 0 Å². The first-order valence-corrected chi connectivity index (χ1v) is 7.17. The van der Waals surface area contributed by atoms with Crippen molar-refractivity contribution in [2.24, 2.45) is 0 Å². The van der Waals surface area contributed by atoms with E-state index in [9.17, 15) is 0 Å². The van der Waals surface area contributed by atoms with Crippen LogP contribution in [0.3, 0.4) is 0 Å². The van der Waals surface area contributed by atoms with E-state index in [1.807, 2.05) is 6.20 Å². The van der Waals surface area contributed by atoms with Crippen molar-refractivity contribution >= 4 is 26.8 Å². The number of aromatic nitrogens is 1. The van der Waals surface area contributed by atoms with Crippen LogP contribution in [-0.4, -0.2) is 18.2 Å². The van der Waals surface area contributed by atoms with Crippen LogP contribution in [0.25, 0.3) is 10.9 Å². The second-order valence-corrected chi connectivity index (χ2v) is 5.85. The molecule has 2 aromatic rings. The highest BCUT2D eigenvalue weighted by Crippen LogP contribution is 2.30. The monoisotopic (exact) mass is 305 g/mol. The molecular formula is C15H16BrNO. The van der Waals surface area contributed by atoms with Crippen molar-refractivity contribution in [3.8, 4) is 0 Å². The van der Waals surface area contributed by atoms with Crippen molar-refractivity contribution < 1.29 is 4.74 Å². The van der Waals surface area contributed by atoms with Crippen LogP contribution >= 0.6 is 15.9 Å². The standard InChI is InChI=1S/C15H16BrNO/c1-10-5-14(16)13-7-12(8-17-15(13)6-10)11-3-2-4-18-9-11/h5-8,11H,2-4,9H2,1H3. The Kier molecular flexibility index (Phi) is 3.35. The molecule has 1 aromatic carbocycles. The molecule has 0 amide bonds. The van der Waals surface area contributed by atoms with Gasteiger partial charge in [-0.3, -0.25) is 4.98 Å². The van der Waals surface area contributed by atoms with Crippen molar-refractivity contribution in [2.45, 2.75) is 25.7 Å².